The molecule has 12 nitrogen and oxygen atoms in total. The average Bonchev–Trinajstić information content (AvgIpc) is 3.43. The zero-order valence-electron chi connectivity index (χ0n) is 29.5. The lowest BCUT2D eigenvalue weighted by Crippen LogP contribution is -2.40. The van der Waals surface area contributed by atoms with Gasteiger partial charge in [0.25, 0.3) is 5.56 Å². The molecule has 1 aliphatic heterocycles. The number of ether oxygens (including phenoxy) is 6. The van der Waals surface area contributed by atoms with Crippen molar-refractivity contribution in [2.75, 3.05) is 33.5 Å². The molecule has 5 rings (SSSR count). The van der Waals surface area contributed by atoms with E-state index in [2.05, 4.69) is 50.2 Å². The van der Waals surface area contributed by atoms with Crippen LogP contribution in [-0.4, -0.2) is 56.0 Å². The van der Waals surface area contributed by atoms with E-state index in [9.17, 15) is 19.2 Å². The van der Waals surface area contributed by atoms with Crippen LogP contribution in [-0.2, 0) is 30.4 Å². The molecule has 0 radical (unpaired) electrons. The van der Waals surface area contributed by atoms with Gasteiger partial charge in [0, 0.05) is 0 Å². The third-order valence-electron chi connectivity index (χ3n) is 7.84. The fourth-order valence-corrected chi connectivity index (χ4v) is 8.62. The summed E-state index contributed by atoms with van der Waals surface area (Å²) in [6.45, 7) is 7.70. The molecule has 0 bridgehead atoms. The summed E-state index contributed by atoms with van der Waals surface area (Å²) in [6, 6.07) is 15.1. The van der Waals surface area contributed by atoms with Gasteiger partial charge in [0.2, 0.25) is 0 Å². The van der Waals surface area contributed by atoms with Gasteiger partial charge in [-0.3, -0.25) is 9.36 Å². The van der Waals surface area contributed by atoms with E-state index in [4.69, 9.17) is 28.4 Å². The van der Waals surface area contributed by atoms with E-state index in [0.717, 1.165) is 18.3 Å². The van der Waals surface area contributed by atoms with E-state index in [1.807, 2.05) is 31.2 Å². The molecule has 1 atom stereocenters. The van der Waals surface area contributed by atoms with Crippen molar-refractivity contribution in [1.29, 1.82) is 0 Å². The van der Waals surface area contributed by atoms with Gasteiger partial charge in [0.15, 0.2) is 22.9 Å². The van der Waals surface area contributed by atoms with E-state index in [1.165, 1.54) is 23.0 Å². The van der Waals surface area contributed by atoms with E-state index in [1.54, 1.807) is 57.2 Å². The van der Waals surface area contributed by atoms with Crippen LogP contribution < -0.4 is 29.1 Å². The predicted molar refractivity (Wildman–Crippen MR) is 214 cm³/mol. The van der Waals surface area contributed by atoms with Crippen LogP contribution in [0.15, 0.2) is 75.7 Å². The first-order valence-electron chi connectivity index (χ1n) is 16.5. The molecule has 0 amide bonds. The summed E-state index contributed by atoms with van der Waals surface area (Å²) >= 11 is 5.62. The molecular formula is C38H36I2N2O10S. The number of halogens is 2. The molecule has 1 aliphatic rings. The van der Waals surface area contributed by atoms with Crippen molar-refractivity contribution >= 4 is 80.5 Å². The predicted octanol–water partition coefficient (Wildman–Crippen LogP) is 5.71. The van der Waals surface area contributed by atoms with Gasteiger partial charge >= 0.3 is 17.9 Å². The van der Waals surface area contributed by atoms with Gasteiger partial charge < -0.3 is 28.4 Å². The van der Waals surface area contributed by atoms with E-state index in [0.29, 0.717) is 63.2 Å². The van der Waals surface area contributed by atoms with Crippen LogP contribution in [0, 0.1) is 7.14 Å². The maximum atomic E-state index is 14.3. The highest BCUT2D eigenvalue weighted by Crippen LogP contribution is 2.37. The van der Waals surface area contributed by atoms with Crippen LogP contribution >= 0.6 is 56.5 Å². The summed E-state index contributed by atoms with van der Waals surface area (Å²) in [6.07, 6.45) is 1.79. The lowest BCUT2D eigenvalue weighted by molar-refractivity contribution is -0.143. The number of esters is 3. The smallest absolute Gasteiger partial charge is 0.343 e. The molecule has 4 aromatic rings. The van der Waals surface area contributed by atoms with Crippen molar-refractivity contribution in [2.45, 2.75) is 40.3 Å². The Morgan fingerprint density at radius 1 is 0.868 bits per heavy atom. The van der Waals surface area contributed by atoms with Crippen LogP contribution in [0.1, 0.15) is 60.8 Å². The molecular weight excluding hydrogens is 930 g/mol. The van der Waals surface area contributed by atoms with Crippen LogP contribution in [0.2, 0.25) is 0 Å². The number of methoxy groups -OCH3 is 1. The summed E-state index contributed by atoms with van der Waals surface area (Å²) in [7, 11) is 1.27. The standard InChI is InChI=1S/C38H36I2N2O10S/c1-6-48-29-18-25(13-14-28(29)51-20-31(43)47-5)33-32(37(46)50-8-3)21(4)41-38-42(33)35(44)30(53-38)17-23-15-26(39)34(27(40)16-23)52-19-22-9-11-24(12-10-22)36(45)49-7-2/h9-18,33H,6-8,19-20H2,1-5H3/b30-17+/t33-/m1/s1. The Balaban J connectivity index is 1.50. The molecule has 278 valence electrons. The van der Waals surface area contributed by atoms with E-state index < -0.39 is 18.0 Å². The molecule has 0 saturated heterocycles. The molecule has 53 heavy (non-hydrogen) atoms. The Morgan fingerprint density at radius 2 is 1.55 bits per heavy atom. The molecule has 1 aromatic heterocycles. The molecule has 0 aliphatic carbocycles. The number of allylic oxidation sites excluding steroid dienone is 1. The maximum absolute atomic E-state index is 14.3. The van der Waals surface area contributed by atoms with Gasteiger partial charge in [-0.25, -0.2) is 19.4 Å². The minimum absolute atomic E-state index is 0.135. The largest absolute Gasteiger partial charge is 0.490 e. The number of carbonyl (C=O) groups is 3. The monoisotopic (exact) mass is 966 g/mol. The van der Waals surface area contributed by atoms with Crippen molar-refractivity contribution in [1.82, 2.24) is 4.57 Å². The molecule has 0 fully saturated rings. The van der Waals surface area contributed by atoms with Crippen molar-refractivity contribution < 1.29 is 42.8 Å². The van der Waals surface area contributed by atoms with E-state index in [-0.39, 0.29) is 30.3 Å². The van der Waals surface area contributed by atoms with Crippen molar-refractivity contribution in [3.8, 4) is 17.2 Å². The van der Waals surface area contributed by atoms with E-state index >= 15 is 0 Å². The zero-order valence-corrected chi connectivity index (χ0v) is 34.7. The van der Waals surface area contributed by atoms with Gasteiger partial charge in [-0.1, -0.05) is 29.5 Å². The number of benzene rings is 3. The van der Waals surface area contributed by atoms with Gasteiger partial charge in [0.05, 0.1) is 61.5 Å². The molecule has 0 spiro atoms. The molecule has 3 aromatic carbocycles. The van der Waals surface area contributed by atoms with Crippen LogP contribution in [0.25, 0.3) is 6.08 Å². The van der Waals surface area contributed by atoms with Crippen LogP contribution in [0.5, 0.6) is 17.2 Å². The summed E-state index contributed by atoms with van der Waals surface area (Å²) in [5.41, 5.74) is 3.00. The molecule has 15 heteroatoms. The second kappa shape index (κ2) is 18.2. The quantitative estimate of drug-likeness (QED) is 0.0877. The molecule has 0 unspecified atom stereocenters. The van der Waals surface area contributed by atoms with Crippen LogP contribution in [0.3, 0.4) is 0 Å². The second-order valence-electron chi connectivity index (χ2n) is 11.3. The van der Waals surface area contributed by atoms with Crippen molar-refractivity contribution in [3.63, 3.8) is 0 Å². The third-order valence-corrected chi connectivity index (χ3v) is 10.4. The highest BCUT2D eigenvalue weighted by atomic mass is 127. The fourth-order valence-electron chi connectivity index (χ4n) is 5.44. The second-order valence-corrected chi connectivity index (χ2v) is 14.7. The minimum Gasteiger partial charge on any atom is -0.490 e. The Labute approximate surface area is 336 Å². The van der Waals surface area contributed by atoms with Gasteiger partial charge in [-0.2, -0.15) is 0 Å². The van der Waals surface area contributed by atoms with Gasteiger partial charge in [-0.05, 0) is 132 Å². The topological polar surface area (TPSA) is 141 Å². The number of aromatic nitrogens is 1. The Morgan fingerprint density at radius 3 is 2.19 bits per heavy atom. The number of fused-ring (bicyclic) bond motifs is 1. The number of nitrogens with zero attached hydrogens (tertiary/aromatic N) is 2. The number of hydrogen-bond donors (Lipinski definition) is 0. The number of carbonyl (C=O) groups excluding carboxylic acids is 3. The third kappa shape index (κ3) is 9.29. The van der Waals surface area contributed by atoms with Crippen molar-refractivity contribution in [3.05, 3.63) is 115 Å². The Hall–Kier alpha value is -4.23. The van der Waals surface area contributed by atoms with Crippen molar-refractivity contribution in [2.24, 2.45) is 4.99 Å². The normalized spacial score (nSPS) is 13.9. The fraction of sp³-hybridized carbons (Fsp3) is 0.289. The first-order chi connectivity index (χ1) is 25.5. The number of hydrogen-bond acceptors (Lipinski definition) is 12. The van der Waals surface area contributed by atoms with Gasteiger partial charge in [0.1, 0.15) is 12.4 Å². The first-order valence-corrected chi connectivity index (χ1v) is 19.5. The highest BCUT2D eigenvalue weighted by Gasteiger charge is 2.34. The first kappa shape index (κ1) is 40.0. The summed E-state index contributed by atoms with van der Waals surface area (Å²) in [5.74, 6) is -0.197. The zero-order chi connectivity index (χ0) is 38.2. The van der Waals surface area contributed by atoms with Crippen LogP contribution in [0.4, 0.5) is 0 Å². The minimum atomic E-state index is -0.885. The average molecular weight is 967 g/mol. The molecule has 0 N–H and O–H groups in total. The highest BCUT2D eigenvalue weighted by molar-refractivity contribution is 14.1. The summed E-state index contributed by atoms with van der Waals surface area (Å²) < 4.78 is 36.5. The number of rotatable bonds is 14. The number of thiazole rings is 1. The maximum Gasteiger partial charge on any atom is 0.343 e. The lowest BCUT2D eigenvalue weighted by atomic mass is 9.95. The lowest BCUT2D eigenvalue weighted by Gasteiger charge is -2.25. The summed E-state index contributed by atoms with van der Waals surface area (Å²) in [5, 5.41) is 0. The Kier molecular flexibility index (Phi) is 13.7. The summed E-state index contributed by atoms with van der Waals surface area (Å²) in [4.78, 5) is 56.5. The molecule has 2 heterocycles. The SMILES string of the molecule is CCOC(=O)C1=C(C)N=c2s/c(=C/c3cc(I)c(OCc4ccc(C(=O)OCC)cc4)c(I)c3)c(=O)n2[C@@H]1c1ccc(OCC(=O)OC)c(OCC)c1. The van der Waals surface area contributed by atoms with Gasteiger partial charge in [-0.15, -0.1) is 0 Å². The molecule has 0 saturated carbocycles. The Bertz CT molecular complexity index is 2220.